The van der Waals surface area contributed by atoms with Gasteiger partial charge in [-0.3, -0.25) is 9.78 Å². The number of amides is 2. The maximum absolute atomic E-state index is 12.9. The predicted octanol–water partition coefficient (Wildman–Crippen LogP) is 6.04. The Kier molecular flexibility index (Phi) is 8.48. The normalized spacial score (nSPS) is 10.7. The van der Waals surface area contributed by atoms with E-state index in [9.17, 15) is 19.5 Å². The summed E-state index contributed by atoms with van der Waals surface area (Å²) in [7, 11) is 0. The van der Waals surface area contributed by atoms with Crippen molar-refractivity contribution in [2.75, 3.05) is 17.2 Å². The predicted molar refractivity (Wildman–Crippen MR) is 150 cm³/mol. The maximum atomic E-state index is 12.9. The number of pyridine rings is 1. The number of benzene rings is 2. The van der Waals surface area contributed by atoms with E-state index in [4.69, 9.17) is 27.9 Å². The maximum Gasteiger partial charge on any atom is 0.335 e. The minimum absolute atomic E-state index is 0.0195. The zero-order chi connectivity index (χ0) is 28.1. The molecule has 39 heavy (non-hydrogen) atoms. The van der Waals surface area contributed by atoms with Crippen molar-refractivity contribution in [2.24, 2.45) is 0 Å². The number of rotatable bonds is 8. The molecular weight excluding hydrogens is 545 g/mol. The van der Waals surface area contributed by atoms with Crippen LogP contribution in [0.15, 0.2) is 65.7 Å². The topological polar surface area (TPSA) is 135 Å². The number of urea groups is 1. The standard InChI is InChI=1S/C27H23Cl2N5O5/c1-3-34-25(35)22(31-27(38)32-24-19(28)13-30-14-20(24)29)12-21(33-34)16-7-5-6-15(10-16)18-11-17(26(36)37)8-9-23(18)39-4-2/h5-14H,3-4H2,1-2H3,(H,36,37)(H2,30,31,32,38). The number of halogens is 2. The lowest BCUT2D eigenvalue weighted by molar-refractivity contribution is 0.0697. The SMILES string of the molecule is CCOc1ccc(C(=O)O)cc1-c1cccc(-c2cc(NC(=O)Nc3c(Cl)cncc3Cl)c(=O)n(CC)n2)c1. The van der Waals surface area contributed by atoms with Crippen LogP contribution < -0.4 is 20.9 Å². The minimum Gasteiger partial charge on any atom is -0.493 e. The largest absolute Gasteiger partial charge is 0.493 e. The number of hydrogen-bond acceptors (Lipinski definition) is 6. The van der Waals surface area contributed by atoms with Crippen molar-refractivity contribution in [3.63, 3.8) is 0 Å². The Labute approximate surface area is 233 Å². The van der Waals surface area contributed by atoms with Crippen LogP contribution in [0.25, 0.3) is 22.4 Å². The third-order valence-electron chi connectivity index (χ3n) is 5.61. The summed E-state index contributed by atoms with van der Waals surface area (Å²) in [6.07, 6.45) is 2.65. The number of ether oxygens (including phenoxy) is 1. The summed E-state index contributed by atoms with van der Waals surface area (Å²) >= 11 is 12.2. The molecule has 12 heteroatoms. The molecule has 0 bridgehead atoms. The fourth-order valence-electron chi connectivity index (χ4n) is 3.80. The molecule has 0 aliphatic heterocycles. The summed E-state index contributed by atoms with van der Waals surface area (Å²) in [5, 5.41) is 19.3. The first kappa shape index (κ1) is 27.6. The van der Waals surface area contributed by atoms with Gasteiger partial charge in [-0.15, -0.1) is 0 Å². The van der Waals surface area contributed by atoms with Gasteiger partial charge in [0.05, 0.1) is 33.6 Å². The van der Waals surface area contributed by atoms with Gasteiger partial charge in [-0.2, -0.15) is 5.10 Å². The quantitative estimate of drug-likeness (QED) is 0.236. The van der Waals surface area contributed by atoms with Crippen molar-refractivity contribution in [2.45, 2.75) is 20.4 Å². The molecule has 10 nitrogen and oxygen atoms in total. The molecule has 2 aromatic carbocycles. The van der Waals surface area contributed by atoms with E-state index in [0.29, 0.717) is 34.7 Å². The lowest BCUT2D eigenvalue weighted by Crippen LogP contribution is -2.29. The molecule has 0 aliphatic rings. The zero-order valence-electron chi connectivity index (χ0n) is 20.9. The average molecular weight is 568 g/mol. The van der Waals surface area contributed by atoms with Crippen LogP contribution in [0.3, 0.4) is 0 Å². The molecule has 2 aromatic heterocycles. The summed E-state index contributed by atoms with van der Waals surface area (Å²) in [6.45, 7) is 4.24. The Balaban J connectivity index is 1.72. The molecule has 0 radical (unpaired) electrons. The first-order chi connectivity index (χ1) is 18.7. The number of nitrogens with zero attached hydrogens (tertiary/aromatic N) is 3. The van der Waals surface area contributed by atoms with Gasteiger partial charge in [0.1, 0.15) is 11.4 Å². The molecule has 0 spiro atoms. The Hall–Kier alpha value is -4.41. The van der Waals surface area contributed by atoms with Crippen LogP contribution in [0.4, 0.5) is 16.2 Å². The van der Waals surface area contributed by atoms with Crippen molar-refractivity contribution >= 4 is 46.6 Å². The van der Waals surface area contributed by atoms with Crippen LogP contribution in [-0.2, 0) is 6.54 Å². The molecule has 0 saturated carbocycles. The first-order valence-electron chi connectivity index (χ1n) is 11.8. The second-order valence-corrected chi connectivity index (χ2v) is 8.97. The molecule has 0 aliphatic carbocycles. The number of aryl methyl sites for hydroxylation is 1. The second kappa shape index (κ2) is 12.0. The van der Waals surface area contributed by atoms with Crippen molar-refractivity contribution in [1.82, 2.24) is 14.8 Å². The fourth-order valence-corrected chi connectivity index (χ4v) is 4.26. The fraction of sp³-hybridized carbons (Fsp3) is 0.148. The highest BCUT2D eigenvalue weighted by Crippen LogP contribution is 2.34. The van der Waals surface area contributed by atoms with Gasteiger partial charge in [0, 0.05) is 30.1 Å². The Morgan fingerprint density at radius 3 is 2.38 bits per heavy atom. The number of anilines is 2. The molecule has 4 rings (SSSR count). The van der Waals surface area contributed by atoms with Gasteiger partial charge >= 0.3 is 12.0 Å². The third kappa shape index (κ3) is 6.19. The Morgan fingerprint density at radius 1 is 1.00 bits per heavy atom. The van der Waals surface area contributed by atoms with Crippen molar-refractivity contribution in [1.29, 1.82) is 0 Å². The van der Waals surface area contributed by atoms with Crippen LogP contribution in [0.1, 0.15) is 24.2 Å². The van der Waals surface area contributed by atoms with Gasteiger partial charge < -0.3 is 20.5 Å². The molecule has 2 heterocycles. The minimum atomic E-state index is -1.06. The number of carbonyl (C=O) groups is 2. The molecule has 3 N–H and O–H groups in total. The van der Waals surface area contributed by atoms with E-state index in [0.717, 1.165) is 0 Å². The number of aromatic carboxylic acids is 1. The smallest absolute Gasteiger partial charge is 0.335 e. The number of nitrogens with one attached hydrogen (secondary N) is 2. The molecule has 200 valence electrons. The highest BCUT2D eigenvalue weighted by molar-refractivity contribution is 6.39. The molecule has 0 atom stereocenters. The molecule has 4 aromatic rings. The van der Waals surface area contributed by atoms with E-state index in [1.165, 1.54) is 29.2 Å². The van der Waals surface area contributed by atoms with Crippen LogP contribution >= 0.6 is 23.2 Å². The number of hydrogen-bond donors (Lipinski definition) is 3. The molecule has 2 amide bonds. The van der Waals surface area contributed by atoms with E-state index in [2.05, 4.69) is 20.7 Å². The lowest BCUT2D eigenvalue weighted by atomic mass is 9.99. The number of carboxylic acid groups (broad SMARTS) is 1. The summed E-state index contributed by atoms with van der Waals surface area (Å²) in [6, 6.07) is 12.6. The molecule has 0 saturated heterocycles. The van der Waals surface area contributed by atoms with Gasteiger partial charge in [-0.05, 0) is 49.7 Å². The number of carbonyl (C=O) groups excluding carboxylic acids is 1. The van der Waals surface area contributed by atoms with Crippen LogP contribution in [0.2, 0.25) is 10.0 Å². The average Bonchev–Trinajstić information content (AvgIpc) is 2.92. The van der Waals surface area contributed by atoms with Crippen molar-refractivity contribution < 1.29 is 19.4 Å². The lowest BCUT2D eigenvalue weighted by Gasteiger charge is -2.14. The van der Waals surface area contributed by atoms with Crippen molar-refractivity contribution in [3.05, 3.63) is 86.9 Å². The van der Waals surface area contributed by atoms with Gasteiger partial charge in [0.15, 0.2) is 0 Å². The van der Waals surface area contributed by atoms with Crippen molar-refractivity contribution in [3.8, 4) is 28.1 Å². The number of carboxylic acids is 1. The molecular formula is C27H23Cl2N5O5. The van der Waals surface area contributed by atoms with E-state index < -0.39 is 17.6 Å². The van der Waals surface area contributed by atoms with E-state index in [1.807, 2.05) is 13.0 Å². The summed E-state index contributed by atoms with van der Waals surface area (Å²) in [4.78, 5) is 41.1. The monoisotopic (exact) mass is 567 g/mol. The van der Waals surface area contributed by atoms with Gasteiger partial charge in [0.2, 0.25) is 0 Å². The summed E-state index contributed by atoms with van der Waals surface area (Å²) in [5.41, 5.74) is 2.04. The highest BCUT2D eigenvalue weighted by Gasteiger charge is 2.16. The zero-order valence-corrected chi connectivity index (χ0v) is 22.4. The van der Waals surface area contributed by atoms with Crippen LogP contribution in [-0.4, -0.2) is 38.5 Å². The third-order valence-corrected chi connectivity index (χ3v) is 6.18. The van der Waals surface area contributed by atoms with Crippen LogP contribution in [0.5, 0.6) is 5.75 Å². The Bertz CT molecular complexity index is 1600. The Morgan fingerprint density at radius 2 is 1.72 bits per heavy atom. The molecule has 0 unspecified atom stereocenters. The van der Waals surface area contributed by atoms with E-state index >= 15 is 0 Å². The molecule has 0 fully saturated rings. The first-order valence-corrected chi connectivity index (χ1v) is 12.6. The summed E-state index contributed by atoms with van der Waals surface area (Å²) < 4.78 is 6.94. The second-order valence-electron chi connectivity index (χ2n) is 8.15. The van der Waals surface area contributed by atoms with Gasteiger partial charge in [0.25, 0.3) is 5.56 Å². The number of aromatic nitrogens is 3. The van der Waals surface area contributed by atoms with Gasteiger partial charge in [-0.25, -0.2) is 14.3 Å². The van der Waals surface area contributed by atoms with E-state index in [1.54, 1.807) is 37.3 Å². The highest BCUT2D eigenvalue weighted by atomic mass is 35.5. The van der Waals surface area contributed by atoms with Crippen LogP contribution in [0, 0.1) is 0 Å². The summed E-state index contributed by atoms with van der Waals surface area (Å²) in [5.74, 6) is -0.533. The van der Waals surface area contributed by atoms with E-state index in [-0.39, 0.29) is 33.5 Å². The van der Waals surface area contributed by atoms with Gasteiger partial charge in [-0.1, -0.05) is 41.4 Å².